The molecule has 0 saturated heterocycles. The highest BCUT2D eigenvalue weighted by Crippen LogP contribution is 2.38. The van der Waals surface area contributed by atoms with E-state index in [1.54, 1.807) is 24.4 Å². The number of imidazole rings is 1. The van der Waals surface area contributed by atoms with Gasteiger partial charge in [-0.15, -0.1) is 0 Å². The van der Waals surface area contributed by atoms with Crippen LogP contribution in [0.1, 0.15) is 10.4 Å². The maximum Gasteiger partial charge on any atom is 0.340 e. The van der Waals surface area contributed by atoms with Crippen molar-refractivity contribution >= 4 is 12.0 Å². The van der Waals surface area contributed by atoms with Gasteiger partial charge in [0, 0.05) is 17.8 Å². The summed E-state index contributed by atoms with van der Waals surface area (Å²) < 4.78 is 18.7. The summed E-state index contributed by atoms with van der Waals surface area (Å²) in [4.78, 5) is 26.6. The predicted octanol–water partition coefficient (Wildman–Crippen LogP) is 4.69. The van der Waals surface area contributed by atoms with Gasteiger partial charge in [-0.1, -0.05) is 48.5 Å². The molecule has 34 heavy (non-hydrogen) atoms. The Morgan fingerprint density at radius 1 is 0.824 bits per heavy atom. The summed E-state index contributed by atoms with van der Waals surface area (Å²) >= 11 is 0. The number of aromatic nitrogens is 2. The lowest BCUT2D eigenvalue weighted by atomic mass is 10.1. The normalized spacial score (nSPS) is 10.9. The third-order valence-corrected chi connectivity index (χ3v) is 5.32. The molecule has 1 aromatic heterocycles. The molecule has 0 unspecified atom stereocenters. The second-order valence-corrected chi connectivity index (χ2v) is 7.33. The van der Waals surface area contributed by atoms with E-state index < -0.39 is 11.6 Å². The number of carbonyl (C=O) groups is 1. The topological polar surface area (TPSA) is 71.7 Å². The molecule has 0 aliphatic rings. The summed E-state index contributed by atoms with van der Waals surface area (Å²) in [5.74, 6) is 0.904. The molecule has 0 fully saturated rings. The molecule has 172 valence electrons. The Kier molecular flexibility index (Phi) is 6.64. The summed E-state index contributed by atoms with van der Waals surface area (Å²) in [6.07, 6.45) is 4.63. The number of ether oxygens (including phenoxy) is 3. The highest BCUT2D eigenvalue weighted by Gasteiger charge is 2.18. The fourth-order valence-corrected chi connectivity index (χ4v) is 3.68. The van der Waals surface area contributed by atoms with Crippen molar-refractivity contribution in [1.82, 2.24) is 9.13 Å². The molecule has 0 saturated carbocycles. The summed E-state index contributed by atoms with van der Waals surface area (Å²) in [5.41, 5.74) is 2.12. The summed E-state index contributed by atoms with van der Waals surface area (Å²) in [5, 5.41) is 0. The Labute approximate surface area is 197 Å². The van der Waals surface area contributed by atoms with Gasteiger partial charge < -0.3 is 14.2 Å². The average molecular weight is 456 g/mol. The van der Waals surface area contributed by atoms with Gasteiger partial charge in [0.15, 0.2) is 11.5 Å². The molecular weight excluding hydrogens is 432 g/mol. The van der Waals surface area contributed by atoms with E-state index in [-0.39, 0.29) is 0 Å². The highest BCUT2D eigenvalue weighted by molar-refractivity contribution is 5.96. The van der Waals surface area contributed by atoms with Crippen LogP contribution in [0.4, 0.5) is 0 Å². The van der Waals surface area contributed by atoms with Crippen LogP contribution < -0.4 is 19.9 Å². The van der Waals surface area contributed by atoms with E-state index in [2.05, 4.69) is 0 Å². The first-order chi connectivity index (χ1) is 16.6. The maximum absolute atomic E-state index is 13.3. The molecule has 7 nitrogen and oxygen atoms in total. The van der Waals surface area contributed by atoms with Crippen LogP contribution in [0.25, 0.3) is 23.0 Å². The monoisotopic (exact) mass is 456 g/mol. The van der Waals surface area contributed by atoms with Gasteiger partial charge >= 0.3 is 5.69 Å². The molecule has 0 N–H and O–H groups in total. The Bertz CT molecular complexity index is 1360. The van der Waals surface area contributed by atoms with Gasteiger partial charge in [-0.25, -0.2) is 9.36 Å². The standard InChI is InChI=1S/C27H24N2O5/c1-32-23-16-19(17-24(33-2)26(23)34-3)14-15-25(30)29-22(20-10-6-4-7-11-20)18-28(27(29)31)21-12-8-5-9-13-21/h4-18H,1-3H3/b15-14+. The van der Waals surface area contributed by atoms with E-state index >= 15 is 0 Å². The van der Waals surface area contributed by atoms with Crippen LogP contribution in [-0.4, -0.2) is 36.4 Å². The van der Waals surface area contributed by atoms with Crippen LogP contribution in [0, 0.1) is 0 Å². The molecule has 0 spiro atoms. The number of allylic oxidation sites excluding steroid dienone is 1. The zero-order valence-corrected chi connectivity index (χ0v) is 19.1. The van der Waals surface area contributed by atoms with E-state index in [0.29, 0.717) is 34.2 Å². The lowest BCUT2D eigenvalue weighted by Crippen LogP contribution is -2.27. The van der Waals surface area contributed by atoms with Crippen molar-refractivity contribution in [2.24, 2.45) is 0 Å². The van der Waals surface area contributed by atoms with Gasteiger partial charge in [0.1, 0.15) is 0 Å². The lowest BCUT2D eigenvalue weighted by molar-refractivity contribution is 0.0967. The molecule has 0 bridgehead atoms. The minimum Gasteiger partial charge on any atom is -0.493 e. The van der Waals surface area contributed by atoms with Gasteiger partial charge in [-0.2, -0.15) is 0 Å². The van der Waals surface area contributed by atoms with Crippen LogP contribution in [0.5, 0.6) is 17.2 Å². The minimum atomic E-state index is -0.479. The fourth-order valence-electron chi connectivity index (χ4n) is 3.68. The van der Waals surface area contributed by atoms with Crippen LogP contribution in [-0.2, 0) is 0 Å². The third kappa shape index (κ3) is 4.36. The van der Waals surface area contributed by atoms with E-state index in [1.807, 2.05) is 60.7 Å². The minimum absolute atomic E-state index is 0.454. The van der Waals surface area contributed by atoms with Crippen molar-refractivity contribution < 1.29 is 19.0 Å². The van der Waals surface area contributed by atoms with Gasteiger partial charge in [0.25, 0.3) is 5.91 Å². The zero-order chi connectivity index (χ0) is 24.1. The van der Waals surface area contributed by atoms with Crippen molar-refractivity contribution in [1.29, 1.82) is 0 Å². The molecular formula is C27H24N2O5. The lowest BCUT2D eigenvalue weighted by Gasteiger charge is -2.12. The quantitative estimate of drug-likeness (QED) is 0.378. The number of rotatable bonds is 7. The SMILES string of the molecule is COc1cc(/C=C/C(=O)n2c(-c3ccccc3)cn(-c3ccccc3)c2=O)cc(OC)c1OC. The van der Waals surface area contributed by atoms with Gasteiger partial charge in [0.05, 0.1) is 32.7 Å². The first kappa shape index (κ1) is 22.7. The van der Waals surface area contributed by atoms with Gasteiger partial charge in [-0.3, -0.25) is 9.36 Å². The van der Waals surface area contributed by atoms with Crippen molar-refractivity contribution in [2.45, 2.75) is 0 Å². The Morgan fingerprint density at radius 2 is 1.41 bits per heavy atom. The van der Waals surface area contributed by atoms with Crippen LogP contribution in [0.3, 0.4) is 0 Å². The van der Waals surface area contributed by atoms with Crippen LogP contribution in [0.2, 0.25) is 0 Å². The highest BCUT2D eigenvalue weighted by atomic mass is 16.5. The zero-order valence-electron chi connectivity index (χ0n) is 19.1. The van der Waals surface area contributed by atoms with Crippen molar-refractivity contribution in [3.63, 3.8) is 0 Å². The second-order valence-electron chi connectivity index (χ2n) is 7.33. The number of hydrogen-bond acceptors (Lipinski definition) is 5. The molecule has 0 amide bonds. The molecule has 4 aromatic rings. The molecule has 0 atom stereocenters. The number of carbonyl (C=O) groups excluding carboxylic acids is 1. The molecule has 7 heteroatoms. The van der Waals surface area contributed by atoms with Crippen molar-refractivity contribution in [3.05, 3.63) is 101 Å². The molecule has 0 aliphatic heterocycles. The smallest absolute Gasteiger partial charge is 0.340 e. The van der Waals surface area contributed by atoms with Crippen molar-refractivity contribution in [3.8, 4) is 34.2 Å². The number of hydrogen-bond donors (Lipinski definition) is 0. The Morgan fingerprint density at radius 3 is 1.97 bits per heavy atom. The fraction of sp³-hybridized carbons (Fsp3) is 0.111. The van der Waals surface area contributed by atoms with Crippen molar-refractivity contribution in [2.75, 3.05) is 21.3 Å². The molecule has 0 aliphatic carbocycles. The number of benzene rings is 3. The second kappa shape index (κ2) is 9.95. The van der Waals surface area contributed by atoms with E-state index in [1.165, 1.54) is 32.0 Å². The Balaban J connectivity index is 1.79. The molecule has 0 radical (unpaired) electrons. The summed E-state index contributed by atoms with van der Waals surface area (Å²) in [6.45, 7) is 0. The van der Waals surface area contributed by atoms with E-state index in [9.17, 15) is 9.59 Å². The van der Waals surface area contributed by atoms with Gasteiger partial charge in [-0.05, 0) is 35.9 Å². The average Bonchev–Trinajstić information content (AvgIpc) is 3.24. The number of nitrogens with zero attached hydrogens (tertiary/aromatic N) is 2. The van der Waals surface area contributed by atoms with E-state index in [4.69, 9.17) is 14.2 Å². The van der Waals surface area contributed by atoms with Gasteiger partial charge in [0.2, 0.25) is 5.75 Å². The molecule has 3 aromatic carbocycles. The van der Waals surface area contributed by atoms with Crippen LogP contribution in [0.15, 0.2) is 89.9 Å². The largest absolute Gasteiger partial charge is 0.493 e. The summed E-state index contributed by atoms with van der Waals surface area (Å²) in [6, 6.07) is 22.0. The summed E-state index contributed by atoms with van der Waals surface area (Å²) in [7, 11) is 4.57. The maximum atomic E-state index is 13.3. The van der Waals surface area contributed by atoms with Crippen LogP contribution >= 0.6 is 0 Å². The number of methoxy groups -OCH3 is 3. The predicted molar refractivity (Wildman–Crippen MR) is 131 cm³/mol. The first-order valence-electron chi connectivity index (χ1n) is 10.5. The molecule has 4 rings (SSSR count). The number of para-hydroxylation sites is 1. The van der Waals surface area contributed by atoms with E-state index in [0.717, 1.165) is 10.1 Å². The molecule has 1 heterocycles. The first-order valence-corrected chi connectivity index (χ1v) is 10.5. The third-order valence-electron chi connectivity index (χ3n) is 5.32. The Hall–Kier alpha value is -4.52.